The van der Waals surface area contributed by atoms with Crippen LogP contribution in [0.1, 0.15) is 45.0 Å². The van der Waals surface area contributed by atoms with Crippen molar-refractivity contribution in [1.29, 1.82) is 0 Å². The predicted octanol–water partition coefficient (Wildman–Crippen LogP) is 3.27. The average Bonchev–Trinajstić information content (AvgIpc) is 3.62. The number of amides is 2. The summed E-state index contributed by atoms with van der Waals surface area (Å²) in [7, 11) is 3.88. The zero-order valence-electron chi connectivity index (χ0n) is 33.1. The van der Waals surface area contributed by atoms with Crippen molar-refractivity contribution in [3.63, 3.8) is 0 Å². The third-order valence-electron chi connectivity index (χ3n) is 11.7. The Balaban J connectivity index is 1.23. The number of carbonyl (C=O) groups is 3. The van der Waals surface area contributed by atoms with Crippen LogP contribution in [-0.2, 0) is 43.4 Å². The van der Waals surface area contributed by atoms with Crippen molar-refractivity contribution in [2.45, 2.75) is 71.6 Å². The summed E-state index contributed by atoms with van der Waals surface area (Å²) in [4.78, 5) is 55.6. The number of imidazole rings is 1. The second-order valence-electron chi connectivity index (χ2n) is 16.8. The minimum Gasteiger partial charge on any atom is -0.464 e. The number of ether oxygens (including phenoxy) is 2. The lowest BCUT2D eigenvalue weighted by Crippen LogP contribution is -2.60. The Morgan fingerprint density at radius 1 is 1.12 bits per heavy atom. The highest BCUT2D eigenvalue weighted by molar-refractivity contribution is 7.10. The van der Waals surface area contributed by atoms with Crippen molar-refractivity contribution in [2.75, 3.05) is 65.0 Å². The first kappa shape index (κ1) is 38.4. The molecule has 1 aliphatic carbocycles. The van der Waals surface area contributed by atoms with Crippen LogP contribution in [0.2, 0.25) is 0 Å². The summed E-state index contributed by atoms with van der Waals surface area (Å²) in [5, 5.41) is 7.31. The van der Waals surface area contributed by atoms with Gasteiger partial charge < -0.3 is 24.6 Å². The molecule has 3 aliphatic heterocycles. The average molecular weight is 785 g/mol. The Kier molecular flexibility index (Phi) is 10.9. The largest absolute Gasteiger partial charge is 0.464 e. The van der Waals surface area contributed by atoms with Gasteiger partial charge in [-0.25, -0.2) is 19.5 Å². The molecule has 0 spiro atoms. The molecule has 4 atom stereocenters. The van der Waals surface area contributed by atoms with Gasteiger partial charge in [0.15, 0.2) is 11.0 Å². The summed E-state index contributed by atoms with van der Waals surface area (Å²) in [5.41, 5.74) is 8.55. The summed E-state index contributed by atoms with van der Waals surface area (Å²) in [5.74, 6) is 0.420. The number of cyclic esters (lactones) is 1. The maximum absolute atomic E-state index is 14.1. The van der Waals surface area contributed by atoms with Crippen molar-refractivity contribution in [1.82, 2.24) is 35.2 Å². The first-order chi connectivity index (χ1) is 27.0. The van der Waals surface area contributed by atoms with Crippen molar-refractivity contribution in [3.8, 4) is 22.6 Å². The Hall–Kier alpha value is -4.44. The molecule has 0 radical (unpaired) electrons. The van der Waals surface area contributed by atoms with Crippen LogP contribution in [0.5, 0.6) is 0 Å². The lowest BCUT2D eigenvalue weighted by molar-refractivity contribution is -0.662. The number of nitrogens with zero attached hydrogens (tertiary/aromatic N) is 7. The maximum atomic E-state index is 14.1. The van der Waals surface area contributed by atoms with E-state index in [0.29, 0.717) is 45.0 Å². The van der Waals surface area contributed by atoms with E-state index in [-0.39, 0.29) is 30.8 Å². The highest BCUT2D eigenvalue weighted by Crippen LogP contribution is 2.38. The highest BCUT2D eigenvalue weighted by Gasteiger charge is 2.42. The van der Waals surface area contributed by atoms with E-state index < -0.39 is 23.5 Å². The fraction of sp³-hybridized carbons (Fsp3) is 0.561. The molecule has 2 amide bonds. The van der Waals surface area contributed by atoms with Crippen molar-refractivity contribution >= 4 is 45.8 Å². The van der Waals surface area contributed by atoms with Crippen LogP contribution in [-0.4, -0.2) is 114 Å². The SMILES string of the molecule is COCC[n+]1c(-c2cncc(N3CCN(C)CC3)c2)n2c3cc(ccc31)-c1csc(n1)C[C@H](NC(=O)[C@H]1C[C@@H]1C)C(=O)N1CCC[C@H](N1)C(=O)OCC(C)(C)C2. The van der Waals surface area contributed by atoms with Crippen LogP contribution in [0.25, 0.3) is 33.7 Å². The zero-order chi connectivity index (χ0) is 39.1. The van der Waals surface area contributed by atoms with Gasteiger partial charge in [0.1, 0.15) is 25.2 Å². The number of likely N-dealkylation sites (N-methyl/N-ethyl adjacent to an activating group) is 1. The van der Waals surface area contributed by atoms with Crippen LogP contribution in [0.4, 0.5) is 5.69 Å². The second kappa shape index (κ2) is 15.8. The zero-order valence-corrected chi connectivity index (χ0v) is 33.9. The number of carbonyl (C=O) groups excluding carboxylic acids is 3. The van der Waals surface area contributed by atoms with Gasteiger partial charge in [0.05, 0.1) is 41.3 Å². The number of aromatic nitrogens is 4. The Bertz CT molecular complexity index is 2110. The van der Waals surface area contributed by atoms with Gasteiger partial charge >= 0.3 is 5.97 Å². The smallest absolute Gasteiger partial charge is 0.324 e. The van der Waals surface area contributed by atoms with Gasteiger partial charge in [-0.05, 0) is 56.5 Å². The number of hydrazine groups is 1. The number of hydrogen-bond acceptors (Lipinski definition) is 11. The fourth-order valence-corrected chi connectivity index (χ4v) is 9.04. The fourth-order valence-electron chi connectivity index (χ4n) is 8.19. The molecule has 56 heavy (non-hydrogen) atoms. The van der Waals surface area contributed by atoms with Gasteiger partial charge in [-0.3, -0.25) is 24.4 Å². The van der Waals surface area contributed by atoms with Crippen molar-refractivity contribution in [2.24, 2.45) is 17.3 Å². The molecule has 1 aromatic carbocycles. The third kappa shape index (κ3) is 8.04. The highest BCUT2D eigenvalue weighted by atomic mass is 32.1. The van der Waals surface area contributed by atoms with Crippen LogP contribution in [0, 0.1) is 17.3 Å². The number of nitrogens with one attached hydrogen (secondary N) is 2. The quantitative estimate of drug-likeness (QED) is 0.212. The maximum Gasteiger partial charge on any atom is 0.324 e. The van der Waals surface area contributed by atoms with Gasteiger partial charge in [-0.2, -0.15) is 0 Å². The summed E-state index contributed by atoms with van der Waals surface area (Å²) in [6.07, 6.45) is 6.12. The van der Waals surface area contributed by atoms with Gasteiger partial charge in [-0.15, -0.1) is 11.3 Å². The second-order valence-corrected chi connectivity index (χ2v) is 17.7. The molecule has 6 bridgehead atoms. The van der Waals surface area contributed by atoms with Crippen molar-refractivity contribution < 1.29 is 28.4 Å². The monoisotopic (exact) mass is 784 g/mol. The molecule has 6 heterocycles. The minimum absolute atomic E-state index is 0.0901. The first-order valence-corrected chi connectivity index (χ1v) is 20.8. The standard InChI is InChI=1S/C41H53N9O5S/c1-26-17-30(26)37(51)44-32-20-36-43-33(23-56-36)27-8-9-34-35(19-27)49(24-41(2,3)25-55-40(53)31-7-6-10-50(45-31)39(32)52)38(48(34)15-16-54-5)28-18-29(22-42-21-28)47-13-11-46(4)12-14-47/h8-9,18-19,21-23,26,30-32,45H,6-7,10-17,20,24-25H2,1-5H3/p+1/t26-,30-,31-,32-/m0/s1. The number of piperazine rings is 1. The number of esters is 1. The van der Waals surface area contributed by atoms with Crippen molar-refractivity contribution in [3.05, 3.63) is 47.0 Å². The molecule has 3 aromatic heterocycles. The molecule has 1 saturated carbocycles. The topological polar surface area (TPSA) is 138 Å². The Morgan fingerprint density at radius 2 is 1.93 bits per heavy atom. The number of thiazole rings is 1. The van der Waals surface area contributed by atoms with Crippen LogP contribution in [0.15, 0.2) is 42.0 Å². The molecule has 14 nitrogen and oxygen atoms in total. The number of rotatable bonds is 7. The number of hydrogen-bond donors (Lipinski definition) is 2. The number of anilines is 1. The van der Waals surface area contributed by atoms with E-state index in [1.807, 2.05) is 24.7 Å². The summed E-state index contributed by atoms with van der Waals surface area (Å²) in [6, 6.07) is 7.16. The molecule has 298 valence electrons. The van der Waals surface area contributed by atoms with E-state index in [9.17, 15) is 14.4 Å². The molecular weight excluding hydrogens is 731 g/mol. The molecule has 0 unspecified atom stereocenters. The summed E-state index contributed by atoms with van der Waals surface area (Å²) >= 11 is 1.48. The summed E-state index contributed by atoms with van der Waals surface area (Å²) in [6.45, 7) is 12.4. The van der Waals surface area contributed by atoms with Gasteiger partial charge in [-0.1, -0.05) is 20.8 Å². The molecule has 2 N–H and O–H groups in total. The number of pyridine rings is 1. The van der Waals surface area contributed by atoms with E-state index in [0.717, 1.165) is 77.0 Å². The first-order valence-electron chi connectivity index (χ1n) is 19.9. The van der Waals surface area contributed by atoms with Gasteiger partial charge in [0.2, 0.25) is 5.91 Å². The van der Waals surface area contributed by atoms with E-state index in [4.69, 9.17) is 19.4 Å². The van der Waals surface area contributed by atoms with E-state index >= 15 is 0 Å². The van der Waals surface area contributed by atoms with Gasteiger partial charge in [0.25, 0.3) is 11.7 Å². The minimum atomic E-state index is -0.827. The van der Waals surface area contributed by atoms with Gasteiger partial charge in [0, 0.05) is 74.7 Å². The third-order valence-corrected chi connectivity index (χ3v) is 12.5. The van der Waals surface area contributed by atoms with Crippen LogP contribution in [0.3, 0.4) is 0 Å². The Morgan fingerprint density at radius 3 is 2.70 bits per heavy atom. The van der Waals surface area contributed by atoms with E-state index in [2.05, 4.69) is 74.8 Å². The molecule has 4 aromatic rings. The summed E-state index contributed by atoms with van der Waals surface area (Å²) < 4.78 is 16.4. The molecular formula is C41H54N9O5S+. The predicted molar refractivity (Wildman–Crippen MR) is 214 cm³/mol. The van der Waals surface area contributed by atoms with E-state index in [1.165, 1.54) is 16.3 Å². The molecule has 15 heteroatoms. The number of benzene rings is 1. The lowest BCUT2D eigenvalue weighted by atomic mass is 9.94. The molecule has 4 aliphatic rings. The van der Waals surface area contributed by atoms with E-state index in [1.54, 1.807) is 7.11 Å². The number of fused-ring (bicyclic) bond motifs is 6. The van der Waals surface area contributed by atoms with Crippen LogP contribution < -0.4 is 20.2 Å². The number of methoxy groups -OCH3 is 1. The lowest BCUT2D eigenvalue weighted by Gasteiger charge is -2.35. The molecule has 8 rings (SSSR count). The molecule has 2 saturated heterocycles. The van der Waals surface area contributed by atoms with Crippen LogP contribution >= 0.6 is 11.3 Å². The Labute approximate surface area is 332 Å². The normalized spacial score (nSPS) is 24.5. The molecule has 3 fully saturated rings.